The highest BCUT2D eigenvalue weighted by atomic mass is 32.2. The highest BCUT2D eigenvalue weighted by Crippen LogP contribution is 2.26. The second-order valence-corrected chi connectivity index (χ2v) is 10.1. The van der Waals surface area contributed by atoms with E-state index in [1.807, 2.05) is 32.0 Å². The van der Waals surface area contributed by atoms with Crippen LogP contribution in [0.1, 0.15) is 26.4 Å². The molecule has 0 aliphatic heterocycles. The van der Waals surface area contributed by atoms with Crippen LogP contribution in [0.2, 0.25) is 0 Å². The lowest BCUT2D eigenvalue weighted by atomic mass is 10.1. The lowest BCUT2D eigenvalue weighted by Gasteiger charge is -2.11. The van der Waals surface area contributed by atoms with E-state index in [1.54, 1.807) is 48.8 Å². The minimum atomic E-state index is -3.59. The van der Waals surface area contributed by atoms with E-state index >= 15 is 0 Å². The number of sulfone groups is 1. The molecule has 0 bridgehead atoms. The van der Waals surface area contributed by atoms with Crippen molar-refractivity contribution in [2.75, 3.05) is 0 Å². The Morgan fingerprint density at radius 1 is 1.07 bits per heavy atom. The topological polar surface area (TPSA) is 76.1 Å². The molecule has 2 heterocycles. The Labute approximate surface area is 179 Å². The van der Waals surface area contributed by atoms with Gasteiger partial charge in [0.1, 0.15) is 0 Å². The maximum atomic E-state index is 13.0. The first-order valence-electron chi connectivity index (χ1n) is 9.38. The Hall–Kier alpha value is -3.03. The van der Waals surface area contributed by atoms with Crippen molar-refractivity contribution in [2.45, 2.75) is 30.2 Å². The zero-order valence-corrected chi connectivity index (χ0v) is 18.2. The second-order valence-electron chi connectivity index (χ2n) is 7.05. The van der Waals surface area contributed by atoms with Gasteiger partial charge in [0.05, 0.1) is 19.4 Å². The summed E-state index contributed by atoms with van der Waals surface area (Å²) in [5, 5.41) is 3.87. The minimum Gasteiger partial charge on any atom is -0.347 e. The number of nitrogens with zero attached hydrogens (tertiary/aromatic N) is 1. The largest absolute Gasteiger partial charge is 0.347 e. The second kappa shape index (κ2) is 8.01. The SMILES string of the molecule is Cc1cccc(S(=O)(=O)c2ccc(CNC(=O)c3cc4ccncc4s3)cc2)c1C. The highest BCUT2D eigenvalue weighted by molar-refractivity contribution is 7.91. The van der Waals surface area contributed by atoms with Crippen LogP contribution in [0.15, 0.2) is 76.8 Å². The number of thiophene rings is 1. The third-order valence-corrected chi connectivity index (χ3v) is 8.08. The molecule has 2 aromatic heterocycles. The molecule has 0 atom stereocenters. The monoisotopic (exact) mass is 436 g/mol. The van der Waals surface area contributed by atoms with Crippen molar-refractivity contribution in [2.24, 2.45) is 0 Å². The first kappa shape index (κ1) is 20.3. The predicted octanol–water partition coefficient (Wildman–Crippen LogP) is 4.68. The fraction of sp³-hybridized carbons (Fsp3) is 0.130. The molecule has 4 rings (SSSR count). The first-order chi connectivity index (χ1) is 14.4. The molecule has 1 N–H and O–H groups in total. The quantitative estimate of drug-likeness (QED) is 0.493. The van der Waals surface area contributed by atoms with E-state index < -0.39 is 9.84 Å². The van der Waals surface area contributed by atoms with Gasteiger partial charge in [0, 0.05) is 18.9 Å². The number of rotatable bonds is 5. The molecule has 1 amide bonds. The van der Waals surface area contributed by atoms with Crippen LogP contribution in [0.3, 0.4) is 0 Å². The smallest absolute Gasteiger partial charge is 0.261 e. The van der Waals surface area contributed by atoms with Crippen molar-refractivity contribution in [3.8, 4) is 0 Å². The Balaban J connectivity index is 1.48. The molecule has 4 aromatic rings. The Bertz CT molecular complexity index is 1310. The molecule has 0 aliphatic carbocycles. The van der Waals surface area contributed by atoms with Crippen LogP contribution in [0.4, 0.5) is 0 Å². The number of hydrogen-bond donors (Lipinski definition) is 1. The standard InChI is InChI=1S/C23H20N2O3S2/c1-15-4-3-5-22(16(15)2)30(27,28)19-8-6-17(7-9-19)13-25-23(26)20-12-18-10-11-24-14-21(18)29-20/h3-12,14H,13H2,1-2H3,(H,25,26). The van der Waals surface area contributed by atoms with E-state index in [-0.39, 0.29) is 10.8 Å². The van der Waals surface area contributed by atoms with E-state index in [0.717, 1.165) is 26.8 Å². The summed E-state index contributed by atoms with van der Waals surface area (Å²) in [4.78, 5) is 17.7. The highest BCUT2D eigenvalue weighted by Gasteiger charge is 2.20. The Kier molecular flexibility index (Phi) is 5.40. The zero-order chi connectivity index (χ0) is 21.3. The molecule has 152 valence electrons. The minimum absolute atomic E-state index is 0.164. The number of hydrogen-bond acceptors (Lipinski definition) is 5. The van der Waals surface area contributed by atoms with E-state index in [1.165, 1.54) is 11.3 Å². The number of carbonyl (C=O) groups excluding carboxylic acids is 1. The summed E-state index contributed by atoms with van der Waals surface area (Å²) in [7, 11) is -3.59. The van der Waals surface area contributed by atoms with Gasteiger partial charge >= 0.3 is 0 Å². The molecule has 0 unspecified atom stereocenters. The summed E-state index contributed by atoms with van der Waals surface area (Å²) in [6.07, 6.45) is 3.44. The molecule has 0 radical (unpaired) electrons. The van der Waals surface area contributed by atoms with Gasteiger partial charge in [-0.05, 0) is 66.3 Å². The summed E-state index contributed by atoms with van der Waals surface area (Å²) < 4.78 is 26.9. The number of nitrogens with one attached hydrogen (secondary N) is 1. The fourth-order valence-electron chi connectivity index (χ4n) is 3.19. The third-order valence-electron chi connectivity index (χ3n) is 5.08. The molecule has 5 nitrogen and oxygen atoms in total. The summed E-state index contributed by atoms with van der Waals surface area (Å²) in [6.45, 7) is 4.03. The van der Waals surface area contributed by atoms with E-state index in [0.29, 0.717) is 16.3 Å². The fourth-order valence-corrected chi connectivity index (χ4v) is 5.71. The summed E-state index contributed by atoms with van der Waals surface area (Å²) in [5.41, 5.74) is 2.52. The zero-order valence-electron chi connectivity index (χ0n) is 16.5. The van der Waals surface area contributed by atoms with Crippen LogP contribution in [0.25, 0.3) is 10.1 Å². The summed E-state index contributed by atoms with van der Waals surface area (Å²) in [6, 6.07) is 15.6. The molecule has 0 aliphatic rings. The van der Waals surface area contributed by atoms with Gasteiger partial charge in [0.15, 0.2) is 0 Å². The average molecular weight is 437 g/mol. The predicted molar refractivity (Wildman–Crippen MR) is 119 cm³/mol. The normalized spacial score (nSPS) is 11.5. The third kappa shape index (κ3) is 3.86. The number of aryl methyl sites for hydroxylation is 1. The number of aromatic nitrogens is 1. The summed E-state index contributed by atoms with van der Waals surface area (Å²) >= 11 is 1.39. The molecular formula is C23H20N2O3S2. The molecule has 7 heteroatoms. The number of amides is 1. The van der Waals surface area contributed by atoms with Crippen molar-refractivity contribution in [3.63, 3.8) is 0 Å². The van der Waals surface area contributed by atoms with Crippen molar-refractivity contribution < 1.29 is 13.2 Å². The summed E-state index contributed by atoms with van der Waals surface area (Å²) in [5.74, 6) is -0.164. The number of fused-ring (bicyclic) bond motifs is 1. The van der Waals surface area contributed by atoms with Crippen LogP contribution in [-0.4, -0.2) is 19.3 Å². The number of benzene rings is 2. The molecule has 0 saturated heterocycles. The van der Waals surface area contributed by atoms with Crippen molar-refractivity contribution in [1.29, 1.82) is 0 Å². The van der Waals surface area contributed by atoms with Crippen LogP contribution in [-0.2, 0) is 16.4 Å². The number of carbonyl (C=O) groups is 1. The van der Waals surface area contributed by atoms with Gasteiger partial charge in [0.2, 0.25) is 9.84 Å². The molecule has 0 saturated carbocycles. The van der Waals surface area contributed by atoms with Crippen LogP contribution in [0.5, 0.6) is 0 Å². The van der Waals surface area contributed by atoms with Gasteiger partial charge in [-0.15, -0.1) is 11.3 Å². The van der Waals surface area contributed by atoms with Gasteiger partial charge in [-0.2, -0.15) is 0 Å². The van der Waals surface area contributed by atoms with E-state index in [4.69, 9.17) is 0 Å². The molecule has 0 fully saturated rings. The van der Waals surface area contributed by atoms with Gasteiger partial charge in [0.25, 0.3) is 5.91 Å². The van der Waals surface area contributed by atoms with Crippen molar-refractivity contribution in [3.05, 3.63) is 88.6 Å². The van der Waals surface area contributed by atoms with Gasteiger partial charge in [-0.1, -0.05) is 24.3 Å². The van der Waals surface area contributed by atoms with Gasteiger partial charge in [-0.25, -0.2) is 8.42 Å². The lowest BCUT2D eigenvalue weighted by Crippen LogP contribution is -2.21. The van der Waals surface area contributed by atoms with Crippen LogP contribution < -0.4 is 5.32 Å². The maximum Gasteiger partial charge on any atom is 0.261 e. The maximum absolute atomic E-state index is 13.0. The lowest BCUT2D eigenvalue weighted by molar-refractivity contribution is 0.0955. The average Bonchev–Trinajstić information content (AvgIpc) is 3.18. The first-order valence-corrected chi connectivity index (χ1v) is 11.7. The molecule has 30 heavy (non-hydrogen) atoms. The van der Waals surface area contributed by atoms with E-state index in [9.17, 15) is 13.2 Å². The van der Waals surface area contributed by atoms with E-state index in [2.05, 4.69) is 10.3 Å². The van der Waals surface area contributed by atoms with Crippen LogP contribution >= 0.6 is 11.3 Å². The molecule has 2 aromatic carbocycles. The van der Waals surface area contributed by atoms with Crippen molar-refractivity contribution >= 4 is 37.2 Å². The Morgan fingerprint density at radius 2 is 1.83 bits per heavy atom. The molecule has 0 spiro atoms. The number of pyridine rings is 1. The van der Waals surface area contributed by atoms with Crippen molar-refractivity contribution in [1.82, 2.24) is 10.3 Å². The van der Waals surface area contributed by atoms with Crippen LogP contribution in [0, 0.1) is 13.8 Å². The van der Waals surface area contributed by atoms with Gasteiger partial charge in [-0.3, -0.25) is 9.78 Å². The van der Waals surface area contributed by atoms with Gasteiger partial charge < -0.3 is 5.32 Å². The Morgan fingerprint density at radius 3 is 2.57 bits per heavy atom. The molecular weight excluding hydrogens is 416 g/mol.